The van der Waals surface area contributed by atoms with Crippen molar-refractivity contribution in [3.05, 3.63) is 48.2 Å². The van der Waals surface area contributed by atoms with Gasteiger partial charge in [0.15, 0.2) is 0 Å². The normalized spacial score (nSPS) is 21.8. The SMILES string of the molecule is C=C(/C=C\C)Cn1cnc(C(=O)N[C@H]2CCn3nc(C4CC4)cc3N(C)C2C)n1. The van der Waals surface area contributed by atoms with E-state index < -0.39 is 0 Å². The van der Waals surface area contributed by atoms with E-state index in [1.54, 1.807) is 11.0 Å². The predicted molar refractivity (Wildman–Crippen MR) is 112 cm³/mol. The molecule has 0 bridgehead atoms. The first-order valence-corrected chi connectivity index (χ1v) is 10.3. The molecule has 1 aliphatic heterocycles. The van der Waals surface area contributed by atoms with Crippen LogP contribution >= 0.6 is 0 Å². The smallest absolute Gasteiger partial charge is 0.291 e. The molecular weight excluding hydrogens is 366 g/mol. The number of hydrogen-bond donors (Lipinski definition) is 1. The molecule has 0 saturated heterocycles. The molecular formula is C21H29N7O. The van der Waals surface area contributed by atoms with Crippen LogP contribution in [0.2, 0.25) is 0 Å². The second-order valence-corrected chi connectivity index (χ2v) is 8.07. The fraction of sp³-hybridized carbons (Fsp3) is 0.524. The molecule has 2 aromatic rings. The number of fused-ring (bicyclic) bond motifs is 1. The van der Waals surface area contributed by atoms with Crippen LogP contribution in [0.1, 0.15) is 55.3 Å². The van der Waals surface area contributed by atoms with Crippen molar-refractivity contribution in [2.24, 2.45) is 0 Å². The topological polar surface area (TPSA) is 80.9 Å². The molecule has 1 fully saturated rings. The van der Waals surface area contributed by atoms with Gasteiger partial charge in [-0.2, -0.15) is 5.10 Å². The summed E-state index contributed by atoms with van der Waals surface area (Å²) >= 11 is 0. The summed E-state index contributed by atoms with van der Waals surface area (Å²) in [7, 11) is 2.07. The standard InChI is InChI=1S/C21H29N7O/c1-5-6-14(2)12-27-13-22-20(25-27)21(29)23-17-9-10-28-19(26(4)15(17)3)11-18(24-28)16-7-8-16/h5-6,11,13,15-17H,2,7-10,12H2,1,3-4H3,(H,23,29)/b6-5-/t15?,17-/m0/s1. The summed E-state index contributed by atoms with van der Waals surface area (Å²) in [6, 6.07) is 2.34. The van der Waals surface area contributed by atoms with Crippen molar-refractivity contribution in [2.75, 3.05) is 11.9 Å². The molecule has 8 heteroatoms. The lowest BCUT2D eigenvalue weighted by molar-refractivity contribution is 0.0918. The Kier molecular flexibility index (Phi) is 5.25. The van der Waals surface area contributed by atoms with E-state index in [0.29, 0.717) is 12.5 Å². The van der Waals surface area contributed by atoms with Gasteiger partial charge in [-0.05, 0) is 38.7 Å². The number of allylic oxidation sites excluding steroid dienone is 3. The molecule has 1 N–H and O–H groups in total. The number of nitrogens with zero attached hydrogens (tertiary/aromatic N) is 6. The lowest BCUT2D eigenvalue weighted by Gasteiger charge is -2.30. The zero-order valence-corrected chi connectivity index (χ0v) is 17.4. The maximum absolute atomic E-state index is 12.7. The Balaban J connectivity index is 1.41. The van der Waals surface area contributed by atoms with Crippen LogP contribution in [0.3, 0.4) is 0 Å². The molecule has 1 unspecified atom stereocenters. The molecule has 2 aromatic heterocycles. The van der Waals surface area contributed by atoms with Crippen LogP contribution in [-0.2, 0) is 13.1 Å². The molecule has 1 saturated carbocycles. The van der Waals surface area contributed by atoms with E-state index >= 15 is 0 Å². The summed E-state index contributed by atoms with van der Waals surface area (Å²) in [6.07, 6.45) is 8.72. The summed E-state index contributed by atoms with van der Waals surface area (Å²) in [5.74, 6) is 1.70. The molecule has 29 heavy (non-hydrogen) atoms. The van der Waals surface area contributed by atoms with Gasteiger partial charge in [0.05, 0.1) is 18.3 Å². The van der Waals surface area contributed by atoms with Crippen molar-refractivity contribution in [2.45, 2.75) is 64.2 Å². The summed E-state index contributed by atoms with van der Waals surface area (Å²) in [6.45, 7) is 9.33. The van der Waals surface area contributed by atoms with Crippen molar-refractivity contribution >= 4 is 11.7 Å². The largest absolute Gasteiger partial charge is 0.355 e. The van der Waals surface area contributed by atoms with Crippen LogP contribution in [0.15, 0.2) is 36.7 Å². The minimum Gasteiger partial charge on any atom is -0.355 e. The fourth-order valence-electron chi connectivity index (χ4n) is 3.83. The highest BCUT2D eigenvalue weighted by Gasteiger charge is 2.33. The number of likely N-dealkylation sites (N-methyl/N-ethyl adjacent to an activating group) is 1. The van der Waals surface area contributed by atoms with Crippen LogP contribution in [0.4, 0.5) is 5.82 Å². The number of carbonyl (C=O) groups excluding carboxylic acids is 1. The summed E-state index contributed by atoms with van der Waals surface area (Å²) < 4.78 is 3.71. The molecule has 0 spiro atoms. The van der Waals surface area contributed by atoms with Gasteiger partial charge in [-0.3, -0.25) is 4.79 Å². The molecule has 3 heterocycles. The highest BCUT2D eigenvalue weighted by atomic mass is 16.2. The van der Waals surface area contributed by atoms with Gasteiger partial charge in [-0.25, -0.2) is 14.3 Å². The van der Waals surface area contributed by atoms with Gasteiger partial charge < -0.3 is 10.2 Å². The Morgan fingerprint density at radius 1 is 1.34 bits per heavy atom. The van der Waals surface area contributed by atoms with Crippen LogP contribution in [0, 0.1) is 0 Å². The average Bonchev–Trinajstić information content (AvgIpc) is 3.31. The fourth-order valence-corrected chi connectivity index (χ4v) is 3.83. The van der Waals surface area contributed by atoms with Crippen LogP contribution in [0.25, 0.3) is 0 Å². The number of carbonyl (C=O) groups is 1. The van der Waals surface area contributed by atoms with Crippen molar-refractivity contribution in [1.29, 1.82) is 0 Å². The zero-order valence-electron chi connectivity index (χ0n) is 17.4. The minimum atomic E-state index is -0.246. The Labute approximate surface area is 171 Å². The molecule has 154 valence electrons. The maximum Gasteiger partial charge on any atom is 0.291 e. The second-order valence-electron chi connectivity index (χ2n) is 8.07. The Bertz CT molecular complexity index is 937. The quantitative estimate of drug-likeness (QED) is 0.760. The van der Waals surface area contributed by atoms with Crippen LogP contribution in [0.5, 0.6) is 0 Å². The molecule has 1 aliphatic carbocycles. The molecule has 4 rings (SSSR count). The third-order valence-electron chi connectivity index (χ3n) is 5.80. The van der Waals surface area contributed by atoms with Gasteiger partial charge in [0.2, 0.25) is 5.82 Å². The number of amides is 1. The third kappa shape index (κ3) is 4.11. The molecule has 8 nitrogen and oxygen atoms in total. The summed E-state index contributed by atoms with van der Waals surface area (Å²) in [5.41, 5.74) is 2.11. The van der Waals surface area contributed by atoms with Crippen molar-refractivity contribution < 1.29 is 4.79 Å². The van der Waals surface area contributed by atoms with Crippen molar-refractivity contribution in [1.82, 2.24) is 29.9 Å². The van der Waals surface area contributed by atoms with Gasteiger partial charge in [0, 0.05) is 31.6 Å². The van der Waals surface area contributed by atoms with E-state index in [-0.39, 0.29) is 23.8 Å². The molecule has 0 radical (unpaired) electrons. The molecule has 1 amide bonds. The highest BCUT2D eigenvalue weighted by molar-refractivity contribution is 5.90. The summed E-state index contributed by atoms with van der Waals surface area (Å²) in [4.78, 5) is 19.1. The first-order chi connectivity index (χ1) is 14.0. The number of aryl methyl sites for hydroxylation is 1. The minimum absolute atomic E-state index is 0.0106. The van der Waals surface area contributed by atoms with Crippen molar-refractivity contribution in [3.63, 3.8) is 0 Å². The second kappa shape index (κ2) is 7.85. The Hall–Kier alpha value is -2.90. The first-order valence-electron chi connectivity index (χ1n) is 10.3. The van der Waals surface area contributed by atoms with Crippen molar-refractivity contribution in [3.8, 4) is 0 Å². The molecule has 2 aliphatic rings. The van der Waals surface area contributed by atoms with E-state index in [1.807, 2.05) is 19.1 Å². The average molecular weight is 396 g/mol. The maximum atomic E-state index is 12.7. The predicted octanol–water partition coefficient (Wildman–Crippen LogP) is 2.51. The number of rotatable bonds is 6. The van der Waals surface area contributed by atoms with Gasteiger partial charge in [0.1, 0.15) is 12.1 Å². The van der Waals surface area contributed by atoms with Gasteiger partial charge in [0.25, 0.3) is 5.91 Å². The molecule has 0 aromatic carbocycles. The van der Waals surface area contributed by atoms with E-state index in [2.05, 4.69) is 51.6 Å². The number of aromatic nitrogens is 5. The first kappa shape index (κ1) is 19.4. The lowest BCUT2D eigenvalue weighted by atomic mass is 10.1. The zero-order chi connectivity index (χ0) is 20.5. The van der Waals surface area contributed by atoms with E-state index in [0.717, 1.165) is 24.4 Å². The van der Waals surface area contributed by atoms with Gasteiger partial charge >= 0.3 is 0 Å². The monoisotopic (exact) mass is 395 g/mol. The lowest BCUT2D eigenvalue weighted by Crippen LogP contribution is -2.48. The highest BCUT2D eigenvalue weighted by Crippen LogP contribution is 2.41. The summed E-state index contributed by atoms with van der Waals surface area (Å²) in [5, 5.41) is 12.2. The van der Waals surface area contributed by atoms with Crippen LogP contribution in [-0.4, -0.2) is 49.6 Å². The van der Waals surface area contributed by atoms with E-state index in [1.165, 1.54) is 18.5 Å². The van der Waals surface area contributed by atoms with E-state index in [4.69, 9.17) is 5.10 Å². The van der Waals surface area contributed by atoms with Gasteiger partial charge in [-0.1, -0.05) is 18.7 Å². The van der Waals surface area contributed by atoms with Crippen LogP contribution < -0.4 is 10.2 Å². The number of nitrogens with one attached hydrogen (secondary N) is 1. The Morgan fingerprint density at radius 2 is 2.14 bits per heavy atom. The van der Waals surface area contributed by atoms with Gasteiger partial charge in [-0.15, -0.1) is 5.10 Å². The third-order valence-corrected chi connectivity index (χ3v) is 5.80. The molecule has 2 atom stereocenters. The van der Waals surface area contributed by atoms with E-state index in [9.17, 15) is 4.79 Å². The number of anilines is 1. The number of hydrogen-bond acceptors (Lipinski definition) is 5. The Morgan fingerprint density at radius 3 is 2.86 bits per heavy atom.